The zero-order valence-corrected chi connectivity index (χ0v) is 13.4. The fourth-order valence-electron chi connectivity index (χ4n) is 1.65. The van der Waals surface area contributed by atoms with Gasteiger partial charge in [-0.3, -0.25) is 0 Å². The van der Waals surface area contributed by atoms with Crippen molar-refractivity contribution < 1.29 is 14.3 Å². The number of hydrogen-bond donors (Lipinski definition) is 0. The van der Waals surface area contributed by atoms with Crippen LogP contribution in [0.1, 0.15) is 6.92 Å². The highest BCUT2D eigenvalue weighted by molar-refractivity contribution is 8.01. The Morgan fingerprint density at radius 1 is 1.52 bits per heavy atom. The van der Waals surface area contributed by atoms with Gasteiger partial charge in [0.2, 0.25) is 0 Å². The second kappa shape index (κ2) is 8.17. The molecule has 1 heterocycles. The van der Waals surface area contributed by atoms with Crippen molar-refractivity contribution in [2.45, 2.75) is 17.4 Å². The van der Waals surface area contributed by atoms with Gasteiger partial charge in [-0.1, -0.05) is 30.5 Å². The predicted molar refractivity (Wildman–Crippen MR) is 86.9 cm³/mol. The van der Waals surface area contributed by atoms with Gasteiger partial charge in [0.25, 0.3) is 0 Å². The Kier molecular flexibility index (Phi) is 6.22. The third-order valence-corrected chi connectivity index (χ3v) is 4.94. The molecule has 0 aliphatic carbocycles. The Balaban J connectivity index is 1.95. The summed E-state index contributed by atoms with van der Waals surface area (Å²) in [4.78, 5) is 15.9. The van der Waals surface area contributed by atoms with Crippen LogP contribution in [0.2, 0.25) is 0 Å². The van der Waals surface area contributed by atoms with E-state index in [0.717, 1.165) is 14.6 Å². The normalized spacial score (nSPS) is 12.2. The number of ether oxygens (including phenoxy) is 2. The van der Waals surface area contributed by atoms with Crippen LogP contribution in [-0.2, 0) is 14.3 Å². The molecule has 21 heavy (non-hydrogen) atoms. The van der Waals surface area contributed by atoms with Gasteiger partial charge in [-0.15, -0.1) is 11.3 Å². The van der Waals surface area contributed by atoms with E-state index in [0.29, 0.717) is 19.0 Å². The molecule has 4 nitrogen and oxygen atoms in total. The van der Waals surface area contributed by atoms with Gasteiger partial charge in [0.15, 0.2) is 4.34 Å². The minimum atomic E-state index is -0.426. The van der Waals surface area contributed by atoms with Crippen molar-refractivity contribution in [3.8, 4) is 0 Å². The lowest BCUT2D eigenvalue weighted by Crippen LogP contribution is -2.25. The summed E-state index contributed by atoms with van der Waals surface area (Å²) in [6.07, 6.45) is 0.869. The van der Waals surface area contributed by atoms with Crippen LogP contribution in [0.4, 0.5) is 0 Å². The van der Waals surface area contributed by atoms with E-state index < -0.39 is 5.97 Å². The van der Waals surface area contributed by atoms with Crippen LogP contribution in [0, 0.1) is 0 Å². The van der Waals surface area contributed by atoms with E-state index in [1.54, 1.807) is 23.1 Å². The van der Waals surface area contributed by atoms with Crippen LogP contribution in [0.25, 0.3) is 10.2 Å². The molecular weight excluding hydrogens is 306 g/mol. The zero-order valence-electron chi connectivity index (χ0n) is 11.8. The first kappa shape index (κ1) is 16.0. The number of benzene rings is 1. The fourth-order valence-corrected chi connectivity index (χ4v) is 3.72. The summed E-state index contributed by atoms with van der Waals surface area (Å²) in [5.41, 5.74) is 0.995. The van der Waals surface area contributed by atoms with Gasteiger partial charge in [-0.2, -0.15) is 0 Å². The van der Waals surface area contributed by atoms with Crippen LogP contribution in [0.5, 0.6) is 0 Å². The van der Waals surface area contributed by atoms with Crippen LogP contribution >= 0.6 is 23.1 Å². The molecule has 2 rings (SSSR count). The summed E-state index contributed by atoms with van der Waals surface area (Å²) in [5, 5.41) is 0. The van der Waals surface area contributed by atoms with Crippen LogP contribution in [0.3, 0.4) is 0 Å². The zero-order chi connectivity index (χ0) is 15.1. The maximum Gasteiger partial charge on any atom is 0.330 e. The highest BCUT2D eigenvalue weighted by Crippen LogP contribution is 2.29. The molecule has 1 aromatic heterocycles. The molecule has 0 aliphatic rings. The summed E-state index contributed by atoms with van der Waals surface area (Å²) in [6.45, 7) is 6.29. The summed E-state index contributed by atoms with van der Waals surface area (Å²) in [7, 11) is 0. The number of thiazole rings is 1. The van der Waals surface area contributed by atoms with Crippen molar-refractivity contribution in [3.05, 3.63) is 36.9 Å². The van der Waals surface area contributed by atoms with Crippen LogP contribution in [-0.4, -0.2) is 36.0 Å². The van der Waals surface area contributed by atoms with Gasteiger partial charge >= 0.3 is 5.97 Å². The van der Waals surface area contributed by atoms with E-state index in [4.69, 9.17) is 9.47 Å². The smallest absolute Gasteiger partial charge is 0.330 e. The molecule has 0 bridgehead atoms. The molecule has 1 atom stereocenters. The third-order valence-electron chi connectivity index (χ3n) is 2.62. The standard InChI is InChI=1S/C15H17NO3S2/c1-3-14(17)19-11(9-18-4-2)10-20-15-16-12-7-5-6-8-13(12)21-15/h3,5-8,11H,1,4,9-10H2,2H3. The number of nitrogens with zero attached hydrogens (tertiary/aromatic N) is 1. The second-order valence-corrected chi connectivity index (χ2v) is 6.48. The summed E-state index contributed by atoms with van der Waals surface area (Å²) in [5.74, 6) is 0.184. The molecule has 0 spiro atoms. The minimum absolute atomic E-state index is 0.299. The van der Waals surface area contributed by atoms with E-state index >= 15 is 0 Å². The van der Waals surface area contributed by atoms with Crippen molar-refractivity contribution in [2.75, 3.05) is 19.0 Å². The Morgan fingerprint density at radius 3 is 3.05 bits per heavy atom. The van der Waals surface area contributed by atoms with Crippen LogP contribution < -0.4 is 0 Å². The molecule has 0 saturated heterocycles. The van der Waals surface area contributed by atoms with Crippen LogP contribution in [0.15, 0.2) is 41.3 Å². The highest BCUT2D eigenvalue weighted by atomic mass is 32.2. The number of rotatable bonds is 8. The van der Waals surface area contributed by atoms with Gasteiger partial charge in [0.05, 0.1) is 16.8 Å². The molecule has 112 valence electrons. The van der Waals surface area contributed by atoms with E-state index in [1.165, 1.54) is 6.08 Å². The van der Waals surface area contributed by atoms with Crippen molar-refractivity contribution in [1.82, 2.24) is 4.98 Å². The highest BCUT2D eigenvalue weighted by Gasteiger charge is 2.15. The topological polar surface area (TPSA) is 48.4 Å². The summed E-state index contributed by atoms with van der Waals surface area (Å²) < 4.78 is 12.7. The largest absolute Gasteiger partial charge is 0.456 e. The predicted octanol–water partition coefficient (Wildman–Crippen LogP) is 3.52. The first-order valence-electron chi connectivity index (χ1n) is 6.62. The van der Waals surface area contributed by atoms with Gasteiger partial charge < -0.3 is 9.47 Å². The lowest BCUT2D eigenvalue weighted by molar-refractivity contribution is -0.144. The van der Waals surface area contributed by atoms with Gasteiger partial charge in [0.1, 0.15) is 6.10 Å². The average molecular weight is 323 g/mol. The monoisotopic (exact) mass is 323 g/mol. The first-order chi connectivity index (χ1) is 10.2. The maximum atomic E-state index is 11.3. The Bertz CT molecular complexity index is 579. The molecule has 0 radical (unpaired) electrons. The SMILES string of the molecule is C=CC(=O)OC(COCC)CSc1nc2ccccc2s1. The molecule has 0 aliphatic heterocycles. The Hall–Kier alpha value is -1.37. The lowest BCUT2D eigenvalue weighted by atomic mass is 10.3. The van der Waals surface area contributed by atoms with Crippen molar-refractivity contribution >= 4 is 39.3 Å². The number of fused-ring (bicyclic) bond motifs is 1. The molecule has 0 N–H and O–H groups in total. The summed E-state index contributed by atoms with van der Waals surface area (Å²) >= 11 is 3.21. The van der Waals surface area contributed by atoms with E-state index in [1.807, 2.05) is 31.2 Å². The van der Waals surface area contributed by atoms with Crippen molar-refractivity contribution in [1.29, 1.82) is 0 Å². The number of carbonyl (C=O) groups is 1. The maximum absolute atomic E-state index is 11.3. The molecule has 2 aromatic rings. The molecule has 1 aromatic carbocycles. The number of aromatic nitrogens is 1. The Labute approximate surface area is 132 Å². The number of para-hydroxylation sites is 1. The number of thioether (sulfide) groups is 1. The lowest BCUT2D eigenvalue weighted by Gasteiger charge is -2.15. The van der Waals surface area contributed by atoms with Crippen molar-refractivity contribution in [2.24, 2.45) is 0 Å². The summed E-state index contributed by atoms with van der Waals surface area (Å²) in [6, 6.07) is 8.01. The molecule has 0 amide bonds. The molecule has 0 saturated carbocycles. The molecule has 6 heteroatoms. The van der Waals surface area contributed by atoms with E-state index in [9.17, 15) is 4.79 Å². The van der Waals surface area contributed by atoms with Gasteiger partial charge in [-0.05, 0) is 19.1 Å². The second-order valence-electron chi connectivity index (χ2n) is 4.18. The third kappa shape index (κ3) is 4.84. The molecule has 1 unspecified atom stereocenters. The van der Waals surface area contributed by atoms with Gasteiger partial charge in [0, 0.05) is 18.4 Å². The molecule has 0 fully saturated rings. The van der Waals surface area contributed by atoms with Crippen molar-refractivity contribution in [3.63, 3.8) is 0 Å². The van der Waals surface area contributed by atoms with Gasteiger partial charge in [-0.25, -0.2) is 9.78 Å². The number of esters is 1. The average Bonchev–Trinajstić information content (AvgIpc) is 2.92. The molecular formula is C15H17NO3S2. The first-order valence-corrected chi connectivity index (χ1v) is 8.42. The fraction of sp³-hybridized carbons (Fsp3) is 0.333. The number of carbonyl (C=O) groups excluding carboxylic acids is 1. The number of hydrogen-bond acceptors (Lipinski definition) is 6. The minimum Gasteiger partial charge on any atom is -0.456 e. The van der Waals surface area contributed by atoms with E-state index in [-0.39, 0.29) is 6.10 Å². The van der Waals surface area contributed by atoms with E-state index in [2.05, 4.69) is 11.6 Å². The Morgan fingerprint density at radius 2 is 2.33 bits per heavy atom. The quantitative estimate of drug-likeness (QED) is 0.422.